The van der Waals surface area contributed by atoms with E-state index in [9.17, 15) is 14.3 Å². The predicted octanol–water partition coefficient (Wildman–Crippen LogP) is 3.36. The first kappa shape index (κ1) is 22.5. The summed E-state index contributed by atoms with van der Waals surface area (Å²) in [6.45, 7) is 1.05. The summed E-state index contributed by atoms with van der Waals surface area (Å²) in [4.78, 5) is 17.2. The minimum atomic E-state index is -1.24. The van der Waals surface area contributed by atoms with Gasteiger partial charge >= 0.3 is 0 Å². The number of halogens is 2. The number of ether oxygens (including phenoxy) is 1. The van der Waals surface area contributed by atoms with Gasteiger partial charge in [-0.15, -0.1) is 24.2 Å². The monoisotopic (exact) mass is 426 g/mol. The standard InChI is InChI=1S/C20H23FN2O3S.ClH/c1-22(2)10-11-23-16-9-6-14(21)12-17(16)27-19(18(24)20(23)25)13-4-7-15(26-3)8-5-13;/h4-9,12,18-19,24H,10-11H2,1-3H3;1H. The van der Waals surface area contributed by atoms with Gasteiger partial charge in [-0.1, -0.05) is 12.1 Å². The molecule has 1 aliphatic heterocycles. The van der Waals surface area contributed by atoms with Crippen LogP contribution >= 0.6 is 24.2 Å². The van der Waals surface area contributed by atoms with E-state index in [2.05, 4.69) is 0 Å². The topological polar surface area (TPSA) is 53.0 Å². The molecule has 0 aliphatic carbocycles. The van der Waals surface area contributed by atoms with Gasteiger partial charge in [0.05, 0.1) is 18.0 Å². The molecule has 2 atom stereocenters. The van der Waals surface area contributed by atoms with E-state index in [1.807, 2.05) is 31.1 Å². The molecule has 0 bridgehead atoms. The van der Waals surface area contributed by atoms with Crippen LogP contribution in [0, 0.1) is 5.82 Å². The molecule has 0 radical (unpaired) electrons. The third-order valence-corrected chi connectivity index (χ3v) is 5.85. The first-order valence-electron chi connectivity index (χ1n) is 8.65. The van der Waals surface area contributed by atoms with Crippen LogP contribution in [0.15, 0.2) is 47.4 Å². The Kier molecular flexibility index (Phi) is 7.71. The molecule has 5 nitrogen and oxygen atoms in total. The number of aliphatic hydroxyl groups is 1. The Hall–Kier alpha value is -1.80. The fourth-order valence-corrected chi connectivity index (χ4v) is 4.28. The lowest BCUT2D eigenvalue weighted by Crippen LogP contribution is -2.43. The lowest BCUT2D eigenvalue weighted by atomic mass is 10.1. The van der Waals surface area contributed by atoms with Crippen LogP contribution < -0.4 is 9.64 Å². The summed E-state index contributed by atoms with van der Waals surface area (Å²) in [5.74, 6) is -0.0566. The number of amides is 1. The van der Waals surface area contributed by atoms with Crippen LogP contribution in [0.5, 0.6) is 5.75 Å². The third-order valence-electron chi connectivity index (χ3n) is 4.49. The Morgan fingerprint density at radius 3 is 2.50 bits per heavy atom. The second kappa shape index (κ2) is 9.60. The highest BCUT2D eigenvalue weighted by Crippen LogP contribution is 2.46. The predicted molar refractivity (Wildman–Crippen MR) is 112 cm³/mol. The van der Waals surface area contributed by atoms with Gasteiger partial charge in [0.15, 0.2) is 0 Å². The molecule has 152 valence electrons. The van der Waals surface area contributed by atoms with Crippen LogP contribution in [0.3, 0.4) is 0 Å². The number of rotatable bonds is 5. The van der Waals surface area contributed by atoms with Gasteiger partial charge in [-0.05, 0) is 50.0 Å². The number of thioether (sulfide) groups is 1. The van der Waals surface area contributed by atoms with Gasteiger partial charge in [0.1, 0.15) is 17.7 Å². The highest BCUT2D eigenvalue weighted by Gasteiger charge is 2.37. The molecular weight excluding hydrogens is 403 g/mol. The maximum Gasteiger partial charge on any atom is 0.257 e. The van der Waals surface area contributed by atoms with Crippen molar-refractivity contribution in [3.8, 4) is 5.75 Å². The van der Waals surface area contributed by atoms with Crippen molar-refractivity contribution in [2.75, 3.05) is 39.2 Å². The van der Waals surface area contributed by atoms with Crippen molar-refractivity contribution in [2.45, 2.75) is 16.2 Å². The number of methoxy groups -OCH3 is 1. The van der Waals surface area contributed by atoms with Crippen LogP contribution in [-0.4, -0.2) is 56.3 Å². The molecule has 8 heteroatoms. The lowest BCUT2D eigenvalue weighted by Gasteiger charge is -2.26. The van der Waals surface area contributed by atoms with Gasteiger partial charge < -0.3 is 19.6 Å². The Bertz CT molecular complexity index is 820. The number of carbonyl (C=O) groups is 1. The first-order valence-corrected chi connectivity index (χ1v) is 9.53. The van der Waals surface area contributed by atoms with Crippen LogP contribution in [0.1, 0.15) is 10.8 Å². The Morgan fingerprint density at radius 2 is 1.89 bits per heavy atom. The normalized spacial score (nSPS) is 19.1. The summed E-state index contributed by atoms with van der Waals surface area (Å²) < 4.78 is 19.1. The van der Waals surface area contributed by atoms with E-state index in [-0.39, 0.29) is 24.1 Å². The Labute approximate surface area is 174 Å². The van der Waals surface area contributed by atoms with Gasteiger partial charge in [-0.25, -0.2) is 4.39 Å². The zero-order valence-electron chi connectivity index (χ0n) is 16.0. The third kappa shape index (κ3) is 4.78. The summed E-state index contributed by atoms with van der Waals surface area (Å²) in [7, 11) is 5.41. The highest BCUT2D eigenvalue weighted by atomic mass is 35.5. The van der Waals surface area contributed by atoms with E-state index in [1.54, 1.807) is 30.2 Å². The van der Waals surface area contributed by atoms with Gasteiger partial charge in [0.2, 0.25) is 0 Å². The first-order chi connectivity index (χ1) is 12.9. The number of hydrogen-bond donors (Lipinski definition) is 1. The van der Waals surface area contributed by atoms with Gasteiger partial charge in [-0.3, -0.25) is 4.79 Å². The summed E-state index contributed by atoms with van der Waals surface area (Å²) in [5, 5.41) is 10.3. The molecule has 3 rings (SSSR count). The lowest BCUT2D eigenvalue weighted by molar-refractivity contribution is -0.126. The number of benzene rings is 2. The minimum absolute atomic E-state index is 0. The molecule has 2 unspecified atom stereocenters. The van der Waals surface area contributed by atoms with E-state index in [0.717, 1.165) is 5.56 Å². The fourth-order valence-electron chi connectivity index (χ4n) is 2.99. The number of hydrogen-bond acceptors (Lipinski definition) is 5. The van der Waals surface area contributed by atoms with Crippen molar-refractivity contribution >= 4 is 35.8 Å². The van der Waals surface area contributed by atoms with Crippen LogP contribution in [0.25, 0.3) is 0 Å². The largest absolute Gasteiger partial charge is 0.497 e. The molecule has 0 fully saturated rings. The molecule has 0 saturated heterocycles. The molecule has 1 amide bonds. The smallest absolute Gasteiger partial charge is 0.257 e. The number of fused-ring (bicyclic) bond motifs is 1. The van der Waals surface area contributed by atoms with Crippen molar-refractivity contribution in [3.63, 3.8) is 0 Å². The quantitative estimate of drug-likeness (QED) is 0.794. The summed E-state index contributed by atoms with van der Waals surface area (Å²) >= 11 is 1.30. The van der Waals surface area contributed by atoms with E-state index < -0.39 is 11.4 Å². The average Bonchev–Trinajstić information content (AvgIpc) is 2.75. The summed E-state index contributed by atoms with van der Waals surface area (Å²) in [5.41, 5.74) is 1.41. The van der Waals surface area contributed by atoms with Gasteiger partial charge in [0, 0.05) is 18.0 Å². The zero-order valence-corrected chi connectivity index (χ0v) is 17.6. The zero-order chi connectivity index (χ0) is 19.6. The number of anilines is 1. The van der Waals surface area contributed by atoms with Crippen molar-refractivity contribution in [1.82, 2.24) is 4.90 Å². The maximum atomic E-state index is 13.9. The number of likely N-dealkylation sites (N-methyl/N-ethyl adjacent to an activating group) is 1. The fraction of sp³-hybridized carbons (Fsp3) is 0.350. The summed E-state index contributed by atoms with van der Waals surface area (Å²) in [6, 6.07) is 11.6. The maximum absolute atomic E-state index is 13.9. The molecule has 28 heavy (non-hydrogen) atoms. The van der Waals surface area contributed by atoms with Crippen molar-refractivity contribution in [3.05, 3.63) is 53.8 Å². The Balaban J connectivity index is 0.00000280. The minimum Gasteiger partial charge on any atom is -0.497 e. The van der Waals surface area contributed by atoms with Gasteiger partial charge in [-0.2, -0.15) is 0 Å². The second-order valence-corrected chi connectivity index (χ2v) is 7.85. The number of nitrogens with zero attached hydrogens (tertiary/aromatic N) is 2. The molecule has 0 saturated carbocycles. The number of carbonyl (C=O) groups excluding carboxylic acids is 1. The second-order valence-electron chi connectivity index (χ2n) is 6.66. The average molecular weight is 427 g/mol. The molecule has 2 aromatic rings. The van der Waals surface area contributed by atoms with E-state index in [4.69, 9.17) is 4.74 Å². The highest BCUT2D eigenvalue weighted by molar-refractivity contribution is 7.99. The van der Waals surface area contributed by atoms with Crippen LogP contribution in [0.4, 0.5) is 10.1 Å². The number of aliphatic hydroxyl groups excluding tert-OH is 1. The molecule has 0 aromatic heterocycles. The van der Waals surface area contributed by atoms with Crippen LogP contribution in [0.2, 0.25) is 0 Å². The molecule has 2 aromatic carbocycles. The van der Waals surface area contributed by atoms with Crippen molar-refractivity contribution in [1.29, 1.82) is 0 Å². The molecule has 1 aliphatic rings. The Morgan fingerprint density at radius 1 is 1.21 bits per heavy atom. The molecule has 0 spiro atoms. The summed E-state index contributed by atoms with van der Waals surface area (Å²) in [6.07, 6.45) is -1.24. The van der Waals surface area contributed by atoms with E-state index in [1.165, 1.54) is 23.9 Å². The molecule has 1 heterocycles. The molecule has 1 N–H and O–H groups in total. The SMILES string of the molecule is COc1ccc(C2Sc3cc(F)ccc3N(CCN(C)C)C(=O)C2O)cc1.Cl. The van der Waals surface area contributed by atoms with Gasteiger partial charge in [0.25, 0.3) is 5.91 Å². The van der Waals surface area contributed by atoms with Crippen molar-refractivity contribution < 1.29 is 19.0 Å². The van der Waals surface area contributed by atoms with E-state index >= 15 is 0 Å². The van der Waals surface area contributed by atoms with E-state index in [0.29, 0.717) is 29.4 Å². The molecular formula is C20H24ClFN2O3S. The van der Waals surface area contributed by atoms with Crippen LogP contribution in [-0.2, 0) is 4.79 Å². The van der Waals surface area contributed by atoms with Crippen molar-refractivity contribution in [2.24, 2.45) is 0 Å².